The van der Waals surface area contributed by atoms with Gasteiger partial charge in [0.2, 0.25) is 0 Å². The van der Waals surface area contributed by atoms with Crippen molar-refractivity contribution in [1.29, 1.82) is 0 Å². The van der Waals surface area contributed by atoms with E-state index in [4.69, 9.17) is 12.2 Å². The fraction of sp³-hybridized carbons (Fsp3) is 0.750. The molecule has 0 heterocycles. The van der Waals surface area contributed by atoms with Crippen LogP contribution in [0.4, 0.5) is 0 Å². The van der Waals surface area contributed by atoms with Gasteiger partial charge in [-0.15, -0.1) is 12.3 Å². The van der Waals surface area contributed by atoms with Crippen molar-refractivity contribution < 1.29 is 0 Å². The van der Waals surface area contributed by atoms with Crippen molar-refractivity contribution >= 4 is 0 Å². The Labute approximate surface area is 56.6 Å². The van der Waals surface area contributed by atoms with Crippen LogP contribution in [-0.2, 0) is 0 Å². The van der Waals surface area contributed by atoms with E-state index >= 15 is 0 Å². The molecule has 1 fully saturated rings. The molecule has 0 aromatic rings. The zero-order chi connectivity index (χ0) is 6.74. The molecule has 0 saturated heterocycles. The molecule has 1 aliphatic rings. The fourth-order valence-corrected chi connectivity index (χ4v) is 1.35. The smallest absolute Gasteiger partial charge is 0.0155 e. The summed E-state index contributed by atoms with van der Waals surface area (Å²) in [6, 6.07) is 0. The lowest BCUT2D eigenvalue weighted by Crippen LogP contribution is -2.36. The van der Waals surface area contributed by atoms with Crippen molar-refractivity contribution in [3.8, 4) is 12.3 Å². The van der Waals surface area contributed by atoms with Gasteiger partial charge in [-0.1, -0.05) is 6.42 Å². The average Bonchev–Trinajstić information content (AvgIpc) is 1.79. The molecule has 1 saturated carbocycles. The second-order valence-electron chi connectivity index (χ2n) is 2.94. The molecule has 1 rings (SSSR count). The first-order chi connectivity index (χ1) is 4.33. The van der Waals surface area contributed by atoms with Gasteiger partial charge in [-0.2, -0.15) is 0 Å². The third-order valence-electron chi connectivity index (χ3n) is 2.32. The van der Waals surface area contributed by atoms with Crippen LogP contribution in [0.2, 0.25) is 0 Å². The molecule has 0 aromatic carbocycles. The van der Waals surface area contributed by atoms with E-state index in [0.717, 1.165) is 13.0 Å². The van der Waals surface area contributed by atoms with Crippen LogP contribution in [0.5, 0.6) is 0 Å². The van der Waals surface area contributed by atoms with Crippen molar-refractivity contribution in [2.45, 2.75) is 25.7 Å². The van der Waals surface area contributed by atoms with Crippen LogP contribution in [0.25, 0.3) is 0 Å². The molecule has 1 aliphatic carbocycles. The number of terminal acetylenes is 1. The van der Waals surface area contributed by atoms with E-state index in [0.29, 0.717) is 5.41 Å². The molecule has 1 heteroatoms. The summed E-state index contributed by atoms with van der Waals surface area (Å²) in [7, 11) is 0. The molecule has 0 atom stereocenters. The number of hydrogen-bond acceptors (Lipinski definition) is 1. The van der Waals surface area contributed by atoms with Gasteiger partial charge in [-0.3, -0.25) is 0 Å². The minimum atomic E-state index is 0.356. The van der Waals surface area contributed by atoms with Gasteiger partial charge >= 0.3 is 0 Å². The molecule has 2 N–H and O–H groups in total. The second kappa shape index (κ2) is 2.41. The topological polar surface area (TPSA) is 26.0 Å². The Kier molecular flexibility index (Phi) is 1.78. The first-order valence-electron chi connectivity index (χ1n) is 3.46. The van der Waals surface area contributed by atoms with E-state index in [1.165, 1.54) is 19.3 Å². The summed E-state index contributed by atoms with van der Waals surface area (Å²) in [5, 5.41) is 0. The highest BCUT2D eigenvalue weighted by molar-refractivity contribution is 4.99. The van der Waals surface area contributed by atoms with E-state index in [-0.39, 0.29) is 0 Å². The Morgan fingerprint density at radius 3 is 2.33 bits per heavy atom. The lowest BCUT2D eigenvalue weighted by atomic mass is 9.67. The summed E-state index contributed by atoms with van der Waals surface area (Å²) in [4.78, 5) is 0. The van der Waals surface area contributed by atoms with Gasteiger partial charge in [0.15, 0.2) is 0 Å². The van der Waals surface area contributed by atoms with Crippen LogP contribution in [0.15, 0.2) is 0 Å². The van der Waals surface area contributed by atoms with Crippen LogP contribution >= 0.6 is 0 Å². The molecule has 0 spiro atoms. The molecule has 0 radical (unpaired) electrons. The Balaban J connectivity index is 2.39. The van der Waals surface area contributed by atoms with Gasteiger partial charge < -0.3 is 5.73 Å². The SMILES string of the molecule is C#CCC1(CN)CCC1. The van der Waals surface area contributed by atoms with Gasteiger partial charge in [0.05, 0.1) is 0 Å². The zero-order valence-corrected chi connectivity index (χ0v) is 5.69. The van der Waals surface area contributed by atoms with Gasteiger partial charge in [0.25, 0.3) is 0 Å². The molecule has 9 heavy (non-hydrogen) atoms. The number of hydrogen-bond donors (Lipinski definition) is 1. The maximum atomic E-state index is 5.56. The van der Waals surface area contributed by atoms with E-state index in [1.54, 1.807) is 0 Å². The van der Waals surface area contributed by atoms with Crippen molar-refractivity contribution in [3.63, 3.8) is 0 Å². The van der Waals surface area contributed by atoms with Gasteiger partial charge in [-0.05, 0) is 24.8 Å². The largest absolute Gasteiger partial charge is 0.330 e. The van der Waals surface area contributed by atoms with Crippen molar-refractivity contribution in [3.05, 3.63) is 0 Å². The van der Waals surface area contributed by atoms with Gasteiger partial charge in [0, 0.05) is 6.42 Å². The molecule has 0 unspecified atom stereocenters. The summed E-state index contributed by atoms with van der Waals surface area (Å²) in [5.74, 6) is 2.68. The lowest BCUT2D eigenvalue weighted by molar-refractivity contribution is 0.152. The fourth-order valence-electron chi connectivity index (χ4n) is 1.35. The Morgan fingerprint density at radius 2 is 2.22 bits per heavy atom. The van der Waals surface area contributed by atoms with Crippen LogP contribution in [-0.4, -0.2) is 6.54 Å². The molecule has 1 nitrogen and oxygen atoms in total. The molecule has 50 valence electrons. The molecule has 0 aromatic heterocycles. The molecular weight excluding hydrogens is 110 g/mol. The highest BCUT2D eigenvalue weighted by atomic mass is 14.6. The predicted octanol–water partition coefficient (Wildman–Crippen LogP) is 1.14. The Morgan fingerprint density at radius 1 is 1.56 bits per heavy atom. The third-order valence-corrected chi connectivity index (χ3v) is 2.32. The first kappa shape index (κ1) is 6.64. The maximum absolute atomic E-state index is 5.56. The van der Waals surface area contributed by atoms with Crippen molar-refractivity contribution in [2.75, 3.05) is 6.54 Å². The second-order valence-corrected chi connectivity index (χ2v) is 2.94. The summed E-state index contributed by atoms with van der Waals surface area (Å²) in [6.45, 7) is 0.775. The number of rotatable bonds is 2. The lowest BCUT2D eigenvalue weighted by Gasteiger charge is -2.39. The minimum Gasteiger partial charge on any atom is -0.330 e. The third kappa shape index (κ3) is 1.09. The van der Waals surface area contributed by atoms with Crippen LogP contribution in [0, 0.1) is 17.8 Å². The highest BCUT2D eigenvalue weighted by Crippen LogP contribution is 2.42. The normalized spacial score (nSPS) is 22.2. The average molecular weight is 123 g/mol. The van der Waals surface area contributed by atoms with Crippen LogP contribution < -0.4 is 5.73 Å². The molecule has 0 bridgehead atoms. The first-order valence-corrected chi connectivity index (χ1v) is 3.46. The molecule has 0 aliphatic heterocycles. The summed E-state index contributed by atoms with van der Waals surface area (Å²) < 4.78 is 0. The molecular formula is C8H13N. The van der Waals surface area contributed by atoms with E-state index in [1.807, 2.05) is 0 Å². The predicted molar refractivity (Wildman–Crippen MR) is 38.8 cm³/mol. The van der Waals surface area contributed by atoms with Crippen molar-refractivity contribution in [2.24, 2.45) is 11.1 Å². The minimum absolute atomic E-state index is 0.356. The number of nitrogens with two attached hydrogens (primary N) is 1. The monoisotopic (exact) mass is 123 g/mol. The quantitative estimate of drug-likeness (QED) is 0.547. The Hall–Kier alpha value is -0.480. The summed E-state index contributed by atoms with van der Waals surface area (Å²) >= 11 is 0. The van der Waals surface area contributed by atoms with E-state index in [9.17, 15) is 0 Å². The zero-order valence-electron chi connectivity index (χ0n) is 5.69. The summed E-state index contributed by atoms with van der Waals surface area (Å²) in [5.41, 5.74) is 5.92. The standard InChI is InChI=1S/C8H13N/c1-2-4-8(7-9)5-3-6-8/h1H,3-7,9H2. The van der Waals surface area contributed by atoms with Gasteiger partial charge in [-0.25, -0.2) is 0 Å². The highest BCUT2D eigenvalue weighted by Gasteiger charge is 2.34. The van der Waals surface area contributed by atoms with Crippen LogP contribution in [0.1, 0.15) is 25.7 Å². The summed E-state index contributed by atoms with van der Waals surface area (Å²) in [6.07, 6.45) is 9.88. The van der Waals surface area contributed by atoms with Crippen LogP contribution in [0.3, 0.4) is 0 Å². The van der Waals surface area contributed by atoms with E-state index < -0.39 is 0 Å². The Bertz CT molecular complexity index is 122. The van der Waals surface area contributed by atoms with E-state index in [2.05, 4.69) is 5.92 Å². The molecule has 0 amide bonds. The maximum Gasteiger partial charge on any atom is 0.0155 e. The van der Waals surface area contributed by atoms with Crippen molar-refractivity contribution in [1.82, 2.24) is 0 Å². The van der Waals surface area contributed by atoms with Gasteiger partial charge in [0.1, 0.15) is 0 Å².